The molecule has 2 fully saturated rings. The van der Waals surface area contributed by atoms with E-state index in [1.165, 1.54) is 11.8 Å². The van der Waals surface area contributed by atoms with Crippen molar-refractivity contribution in [2.24, 2.45) is 11.1 Å². The molecular formula is C22H25ClN8S. The Hall–Kier alpha value is -2.62. The van der Waals surface area contributed by atoms with E-state index < -0.39 is 0 Å². The van der Waals surface area contributed by atoms with Gasteiger partial charge < -0.3 is 21.3 Å². The van der Waals surface area contributed by atoms with E-state index in [9.17, 15) is 0 Å². The topological polar surface area (TPSA) is 110 Å². The first-order valence-corrected chi connectivity index (χ1v) is 11.8. The van der Waals surface area contributed by atoms with Gasteiger partial charge in [0.1, 0.15) is 22.5 Å². The fourth-order valence-corrected chi connectivity index (χ4v) is 5.56. The third-order valence-electron chi connectivity index (χ3n) is 6.48. The highest BCUT2D eigenvalue weighted by atomic mass is 35.5. The van der Waals surface area contributed by atoms with Crippen LogP contribution in [0.1, 0.15) is 12.8 Å². The molecule has 0 aliphatic carbocycles. The molecule has 0 saturated carbocycles. The molecule has 0 radical (unpaired) electrons. The second-order valence-corrected chi connectivity index (χ2v) is 9.79. The zero-order valence-electron chi connectivity index (χ0n) is 17.6. The second kappa shape index (κ2) is 8.73. The van der Waals surface area contributed by atoms with Gasteiger partial charge in [-0.25, -0.2) is 19.9 Å². The molecule has 0 amide bonds. The number of nitrogen functional groups attached to an aromatic ring is 1. The van der Waals surface area contributed by atoms with Gasteiger partial charge in [-0.1, -0.05) is 29.4 Å². The first-order valence-electron chi connectivity index (χ1n) is 10.6. The molecule has 5 heterocycles. The SMILES string of the molecule is Nc1nccc(Sc2cnc(N3CCC4(CC3)CN(c3ccccn3)C[C@H]4N)cn2)c1Cl. The molecular weight excluding hydrogens is 444 g/mol. The Bertz CT molecular complexity index is 1070. The molecule has 1 atom stereocenters. The van der Waals surface area contributed by atoms with Crippen molar-refractivity contribution in [2.75, 3.05) is 41.7 Å². The lowest BCUT2D eigenvalue weighted by molar-refractivity contribution is 0.220. The first kappa shape index (κ1) is 21.2. The van der Waals surface area contributed by atoms with E-state index in [4.69, 9.17) is 23.1 Å². The van der Waals surface area contributed by atoms with Gasteiger partial charge >= 0.3 is 0 Å². The van der Waals surface area contributed by atoms with E-state index in [-0.39, 0.29) is 11.5 Å². The molecule has 0 bridgehead atoms. The van der Waals surface area contributed by atoms with Crippen LogP contribution < -0.4 is 21.3 Å². The molecule has 3 aromatic heterocycles. The molecule has 2 aliphatic rings. The Balaban J connectivity index is 1.22. The van der Waals surface area contributed by atoms with E-state index in [0.29, 0.717) is 10.8 Å². The van der Waals surface area contributed by atoms with E-state index in [1.54, 1.807) is 12.4 Å². The largest absolute Gasteiger partial charge is 0.382 e. The molecule has 32 heavy (non-hydrogen) atoms. The van der Waals surface area contributed by atoms with Crippen LogP contribution >= 0.6 is 23.4 Å². The zero-order valence-corrected chi connectivity index (χ0v) is 19.1. The van der Waals surface area contributed by atoms with Gasteiger partial charge in [-0.15, -0.1) is 0 Å². The lowest BCUT2D eigenvalue weighted by Gasteiger charge is -2.41. The molecule has 8 nitrogen and oxygen atoms in total. The maximum absolute atomic E-state index is 6.63. The summed E-state index contributed by atoms with van der Waals surface area (Å²) in [6.07, 6.45) is 9.14. The number of nitrogens with zero attached hydrogens (tertiary/aromatic N) is 6. The molecule has 3 aromatic rings. The summed E-state index contributed by atoms with van der Waals surface area (Å²) >= 11 is 7.66. The van der Waals surface area contributed by atoms with Gasteiger partial charge in [0, 0.05) is 54.9 Å². The molecule has 0 unspecified atom stereocenters. The molecule has 10 heteroatoms. The van der Waals surface area contributed by atoms with Crippen LogP contribution in [0.4, 0.5) is 17.5 Å². The van der Waals surface area contributed by atoms with Gasteiger partial charge in [-0.05, 0) is 31.0 Å². The predicted molar refractivity (Wildman–Crippen MR) is 128 cm³/mol. The van der Waals surface area contributed by atoms with Crippen LogP contribution in [-0.2, 0) is 0 Å². The van der Waals surface area contributed by atoms with Crippen LogP contribution in [0.15, 0.2) is 59.0 Å². The van der Waals surface area contributed by atoms with E-state index in [0.717, 1.165) is 60.6 Å². The summed E-state index contributed by atoms with van der Waals surface area (Å²) in [5.41, 5.74) is 12.5. The summed E-state index contributed by atoms with van der Waals surface area (Å²) in [6, 6.07) is 8.00. The number of aromatic nitrogens is 4. The number of hydrogen-bond donors (Lipinski definition) is 2. The average molecular weight is 469 g/mol. The number of rotatable bonds is 4. The minimum absolute atomic E-state index is 0.120. The van der Waals surface area contributed by atoms with Crippen molar-refractivity contribution >= 4 is 40.8 Å². The number of halogens is 1. The number of hydrogen-bond acceptors (Lipinski definition) is 9. The minimum atomic E-state index is 0.120. The van der Waals surface area contributed by atoms with Crippen molar-refractivity contribution in [2.45, 2.75) is 28.8 Å². The number of anilines is 3. The lowest BCUT2D eigenvalue weighted by atomic mass is 9.75. The van der Waals surface area contributed by atoms with Gasteiger partial charge in [0.25, 0.3) is 0 Å². The van der Waals surface area contributed by atoms with Gasteiger partial charge in [-0.2, -0.15) is 0 Å². The highest BCUT2D eigenvalue weighted by Gasteiger charge is 2.46. The van der Waals surface area contributed by atoms with Crippen LogP contribution in [0.5, 0.6) is 0 Å². The van der Waals surface area contributed by atoms with E-state index in [2.05, 4.69) is 35.8 Å². The monoisotopic (exact) mass is 468 g/mol. The first-order chi connectivity index (χ1) is 15.5. The Morgan fingerprint density at radius 2 is 1.81 bits per heavy atom. The van der Waals surface area contributed by atoms with Crippen LogP contribution in [0.2, 0.25) is 5.02 Å². The zero-order chi connectivity index (χ0) is 22.1. The van der Waals surface area contributed by atoms with E-state index in [1.807, 2.05) is 30.6 Å². The number of nitrogens with two attached hydrogens (primary N) is 2. The molecule has 0 aromatic carbocycles. The van der Waals surface area contributed by atoms with Crippen molar-refractivity contribution in [1.29, 1.82) is 0 Å². The van der Waals surface area contributed by atoms with Gasteiger partial charge in [0.05, 0.1) is 17.4 Å². The third kappa shape index (κ3) is 4.07. The smallest absolute Gasteiger partial charge is 0.147 e. The molecule has 2 saturated heterocycles. The molecule has 2 aliphatic heterocycles. The highest BCUT2D eigenvalue weighted by Crippen LogP contribution is 2.41. The summed E-state index contributed by atoms with van der Waals surface area (Å²) in [7, 11) is 0. The highest BCUT2D eigenvalue weighted by molar-refractivity contribution is 7.99. The third-order valence-corrected chi connectivity index (χ3v) is 7.97. The van der Waals surface area contributed by atoms with Gasteiger partial charge in [0.15, 0.2) is 0 Å². The van der Waals surface area contributed by atoms with Crippen LogP contribution in [0, 0.1) is 5.41 Å². The van der Waals surface area contributed by atoms with Crippen LogP contribution in [0.3, 0.4) is 0 Å². The summed E-state index contributed by atoms with van der Waals surface area (Å²) in [5.74, 6) is 2.21. The second-order valence-electron chi connectivity index (χ2n) is 8.35. The van der Waals surface area contributed by atoms with Crippen molar-refractivity contribution in [1.82, 2.24) is 19.9 Å². The Kier molecular flexibility index (Phi) is 5.79. The number of pyridine rings is 2. The maximum atomic E-state index is 6.63. The van der Waals surface area contributed by atoms with E-state index >= 15 is 0 Å². The quantitative estimate of drug-likeness (QED) is 0.596. The fraction of sp³-hybridized carbons (Fsp3) is 0.364. The number of piperidine rings is 1. The molecule has 5 rings (SSSR count). The fourth-order valence-electron chi connectivity index (χ4n) is 4.58. The summed E-state index contributed by atoms with van der Waals surface area (Å²) < 4.78 is 0. The molecule has 166 valence electrons. The van der Waals surface area contributed by atoms with Crippen LogP contribution in [0.25, 0.3) is 0 Å². The lowest BCUT2D eigenvalue weighted by Crippen LogP contribution is -2.49. The Labute approximate surface area is 196 Å². The van der Waals surface area contributed by atoms with Crippen molar-refractivity contribution in [3.8, 4) is 0 Å². The molecule has 1 spiro atoms. The summed E-state index contributed by atoms with van der Waals surface area (Å²) in [5, 5.41) is 1.20. The standard InChI is InChI=1S/C22H25ClN8S/c23-20-15(4-8-27-21(20)25)32-19-12-28-18(11-29-19)30-9-5-22(6-10-30)14-31(13-16(22)24)17-3-1-2-7-26-17/h1-4,7-8,11-12,16H,5-6,9-10,13-14,24H2,(H2,25,27)/t16-/m1/s1. The van der Waals surface area contributed by atoms with Crippen molar-refractivity contribution < 1.29 is 0 Å². The summed E-state index contributed by atoms with van der Waals surface area (Å²) in [6.45, 7) is 3.64. The average Bonchev–Trinajstić information content (AvgIpc) is 3.14. The predicted octanol–water partition coefficient (Wildman–Crippen LogP) is 3.09. The normalized spacial score (nSPS) is 20.1. The van der Waals surface area contributed by atoms with Gasteiger partial charge in [0.2, 0.25) is 0 Å². The van der Waals surface area contributed by atoms with Crippen molar-refractivity contribution in [3.63, 3.8) is 0 Å². The van der Waals surface area contributed by atoms with Gasteiger partial charge in [-0.3, -0.25) is 0 Å². The molecule has 4 N–H and O–H groups in total. The summed E-state index contributed by atoms with van der Waals surface area (Å²) in [4.78, 5) is 23.1. The Morgan fingerprint density at radius 3 is 2.53 bits per heavy atom. The Morgan fingerprint density at radius 1 is 0.969 bits per heavy atom. The van der Waals surface area contributed by atoms with Crippen LogP contribution in [-0.4, -0.2) is 52.2 Å². The maximum Gasteiger partial charge on any atom is 0.147 e. The minimum Gasteiger partial charge on any atom is -0.382 e. The van der Waals surface area contributed by atoms with Crippen molar-refractivity contribution in [3.05, 3.63) is 54.1 Å².